The van der Waals surface area contributed by atoms with Crippen molar-refractivity contribution in [1.82, 2.24) is 4.90 Å². The molecule has 6 nitrogen and oxygen atoms in total. The SMILES string of the molecule is CN(C)c1ccc(NC(=O)C2CCCCN2C(=O)c2ccco2)cc1. The van der Waals surface area contributed by atoms with Gasteiger partial charge in [-0.25, -0.2) is 0 Å². The number of anilines is 2. The maximum Gasteiger partial charge on any atom is 0.290 e. The monoisotopic (exact) mass is 341 g/mol. The van der Waals surface area contributed by atoms with Crippen LogP contribution in [0.3, 0.4) is 0 Å². The highest BCUT2D eigenvalue weighted by Gasteiger charge is 2.33. The molecule has 6 heteroatoms. The molecule has 25 heavy (non-hydrogen) atoms. The molecule has 0 bridgehead atoms. The molecular weight excluding hydrogens is 318 g/mol. The Hall–Kier alpha value is -2.76. The van der Waals surface area contributed by atoms with Crippen molar-refractivity contribution in [3.63, 3.8) is 0 Å². The van der Waals surface area contributed by atoms with Crippen molar-refractivity contribution in [3.8, 4) is 0 Å². The summed E-state index contributed by atoms with van der Waals surface area (Å²) >= 11 is 0. The van der Waals surface area contributed by atoms with Crippen LogP contribution in [0.5, 0.6) is 0 Å². The summed E-state index contributed by atoms with van der Waals surface area (Å²) < 4.78 is 5.20. The highest BCUT2D eigenvalue weighted by atomic mass is 16.3. The number of hydrogen-bond donors (Lipinski definition) is 1. The second-order valence-electron chi connectivity index (χ2n) is 6.42. The van der Waals surface area contributed by atoms with E-state index in [9.17, 15) is 9.59 Å². The number of carbonyl (C=O) groups is 2. The molecular formula is C19H23N3O3. The van der Waals surface area contributed by atoms with Crippen molar-refractivity contribution < 1.29 is 14.0 Å². The Morgan fingerprint density at radius 2 is 1.92 bits per heavy atom. The first-order valence-electron chi connectivity index (χ1n) is 8.49. The molecule has 1 saturated heterocycles. The molecule has 1 unspecified atom stereocenters. The maximum atomic E-state index is 12.7. The van der Waals surface area contributed by atoms with Gasteiger partial charge in [0.2, 0.25) is 5.91 Å². The zero-order valence-corrected chi connectivity index (χ0v) is 14.6. The second kappa shape index (κ2) is 7.42. The van der Waals surface area contributed by atoms with E-state index in [1.165, 1.54) is 6.26 Å². The zero-order valence-electron chi connectivity index (χ0n) is 14.6. The number of likely N-dealkylation sites (tertiary alicyclic amines) is 1. The van der Waals surface area contributed by atoms with Crippen LogP contribution in [0.4, 0.5) is 11.4 Å². The van der Waals surface area contributed by atoms with Gasteiger partial charge in [-0.2, -0.15) is 0 Å². The average Bonchev–Trinajstić information content (AvgIpc) is 3.16. The third-order valence-electron chi connectivity index (χ3n) is 4.45. The van der Waals surface area contributed by atoms with Gasteiger partial charge in [0.05, 0.1) is 6.26 Å². The molecule has 1 aromatic heterocycles. The quantitative estimate of drug-likeness (QED) is 0.928. The van der Waals surface area contributed by atoms with Gasteiger partial charge in [0, 0.05) is 32.0 Å². The van der Waals surface area contributed by atoms with E-state index in [1.54, 1.807) is 17.0 Å². The molecule has 2 heterocycles. The summed E-state index contributed by atoms with van der Waals surface area (Å²) in [5, 5.41) is 2.93. The van der Waals surface area contributed by atoms with Gasteiger partial charge in [0.1, 0.15) is 6.04 Å². The summed E-state index contributed by atoms with van der Waals surface area (Å²) in [6.45, 7) is 0.567. The van der Waals surface area contributed by atoms with Gasteiger partial charge in [0.15, 0.2) is 5.76 Å². The fourth-order valence-electron chi connectivity index (χ4n) is 3.06. The van der Waals surface area contributed by atoms with Gasteiger partial charge in [-0.15, -0.1) is 0 Å². The minimum atomic E-state index is -0.472. The van der Waals surface area contributed by atoms with E-state index in [1.807, 2.05) is 43.3 Å². The predicted octanol–water partition coefficient (Wildman–Crippen LogP) is 2.98. The largest absolute Gasteiger partial charge is 0.459 e. The minimum absolute atomic E-state index is 0.155. The van der Waals surface area contributed by atoms with Gasteiger partial charge in [-0.1, -0.05) is 0 Å². The number of amides is 2. The van der Waals surface area contributed by atoms with Crippen LogP contribution in [0.1, 0.15) is 29.8 Å². The number of benzene rings is 1. The first kappa shape index (κ1) is 17.1. The third kappa shape index (κ3) is 3.84. The lowest BCUT2D eigenvalue weighted by atomic mass is 10.0. The molecule has 3 rings (SSSR count). The molecule has 132 valence electrons. The first-order valence-corrected chi connectivity index (χ1v) is 8.49. The molecule has 0 spiro atoms. The molecule has 1 aliphatic rings. The predicted molar refractivity (Wildman–Crippen MR) is 96.8 cm³/mol. The van der Waals surface area contributed by atoms with Gasteiger partial charge >= 0.3 is 0 Å². The van der Waals surface area contributed by atoms with Crippen LogP contribution in [0, 0.1) is 0 Å². The average molecular weight is 341 g/mol. The number of nitrogens with one attached hydrogen (secondary N) is 1. The molecule has 0 saturated carbocycles. The molecule has 1 N–H and O–H groups in total. The summed E-state index contributed by atoms with van der Waals surface area (Å²) in [7, 11) is 3.93. The normalized spacial score (nSPS) is 17.2. The van der Waals surface area contributed by atoms with E-state index in [-0.39, 0.29) is 17.6 Å². The summed E-state index contributed by atoms with van der Waals surface area (Å²) in [4.78, 5) is 28.9. The lowest BCUT2D eigenvalue weighted by Gasteiger charge is -2.34. The lowest BCUT2D eigenvalue weighted by Crippen LogP contribution is -2.49. The third-order valence-corrected chi connectivity index (χ3v) is 4.45. The van der Waals surface area contributed by atoms with Crippen LogP contribution in [0.2, 0.25) is 0 Å². The van der Waals surface area contributed by atoms with Gasteiger partial charge in [0.25, 0.3) is 5.91 Å². The van der Waals surface area contributed by atoms with Crippen LogP contribution in [-0.4, -0.2) is 43.4 Å². The molecule has 1 atom stereocenters. The van der Waals surface area contributed by atoms with Gasteiger partial charge in [-0.3, -0.25) is 9.59 Å². The van der Waals surface area contributed by atoms with Crippen LogP contribution < -0.4 is 10.2 Å². The molecule has 1 aliphatic heterocycles. The minimum Gasteiger partial charge on any atom is -0.459 e. The lowest BCUT2D eigenvalue weighted by molar-refractivity contribution is -0.121. The number of nitrogens with zero attached hydrogens (tertiary/aromatic N) is 2. The number of piperidine rings is 1. The Morgan fingerprint density at radius 1 is 1.16 bits per heavy atom. The first-order chi connectivity index (χ1) is 12.1. The fourth-order valence-corrected chi connectivity index (χ4v) is 3.06. The molecule has 2 amide bonds. The van der Waals surface area contributed by atoms with E-state index in [0.717, 1.165) is 24.2 Å². The van der Waals surface area contributed by atoms with E-state index in [2.05, 4.69) is 5.32 Å². The van der Waals surface area contributed by atoms with Crippen LogP contribution >= 0.6 is 0 Å². The Labute approximate surface area is 147 Å². The molecule has 2 aromatic rings. The topological polar surface area (TPSA) is 65.8 Å². The number of hydrogen-bond acceptors (Lipinski definition) is 4. The molecule has 1 fully saturated rings. The highest BCUT2D eigenvalue weighted by Crippen LogP contribution is 2.22. The van der Waals surface area contributed by atoms with E-state index >= 15 is 0 Å². The standard InChI is InChI=1S/C19H23N3O3/c1-21(2)15-10-8-14(9-11-15)20-18(23)16-6-3-4-12-22(16)19(24)17-7-5-13-25-17/h5,7-11,13,16H,3-4,6,12H2,1-2H3,(H,20,23). The van der Waals surface area contributed by atoms with Gasteiger partial charge in [-0.05, 0) is 55.7 Å². The Morgan fingerprint density at radius 3 is 2.56 bits per heavy atom. The van der Waals surface area contributed by atoms with Crippen molar-refractivity contribution in [2.75, 3.05) is 30.9 Å². The molecule has 0 radical (unpaired) electrons. The molecule has 1 aromatic carbocycles. The van der Waals surface area contributed by atoms with Gasteiger partial charge < -0.3 is 19.5 Å². The van der Waals surface area contributed by atoms with Crippen LogP contribution in [0.25, 0.3) is 0 Å². The molecule has 0 aliphatic carbocycles. The summed E-state index contributed by atoms with van der Waals surface area (Å²) in [5.41, 5.74) is 1.79. The van der Waals surface area contributed by atoms with Crippen LogP contribution in [-0.2, 0) is 4.79 Å². The van der Waals surface area contributed by atoms with Crippen molar-refractivity contribution >= 4 is 23.2 Å². The van der Waals surface area contributed by atoms with E-state index in [0.29, 0.717) is 13.0 Å². The number of rotatable bonds is 4. The summed E-state index contributed by atoms with van der Waals surface area (Å²) in [6.07, 6.45) is 3.96. The Balaban J connectivity index is 1.71. The summed E-state index contributed by atoms with van der Waals surface area (Å²) in [5.74, 6) is -0.111. The van der Waals surface area contributed by atoms with Crippen molar-refractivity contribution in [2.24, 2.45) is 0 Å². The van der Waals surface area contributed by atoms with Crippen LogP contribution in [0.15, 0.2) is 47.1 Å². The Bertz CT molecular complexity index is 723. The van der Waals surface area contributed by atoms with E-state index < -0.39 is 6.04 Å². The number of furan rings is 1. The van der Waals surface area contributed by atoms with Crippen molar-refractivity contribution in [3.05, 3.63) is 48.4 Å². The maximum absolute atomic E-state index is 12.7. The highest BCUT2D eigenvalue weighted by molar-refractivity contribution is 6.00. The fraction of sp³-hybridized carbons (Fsp3) is 0.368. The second-order valence-corrected chi connectivity index (χ2v) is 6.42. The van der Waals surface area contributed by atoms with E-state index in [4.69, 9.17) is 4.42 Å². The Kier molecular flexibility index (Phi) is 5.07. The van der Waals surface area contributed by atoms with Crippen molar-refractivity contribution in [1.29, 1.82) is 0 Å². The smallest absolute Gasteiger partial charge is 0.290 e. The van der Waals surface area contributed by atoms with Crippen molar-refractivity contribution in [2.45, 2.75) is 25.3 Å². The summed E-state index contributed by atoms with van der Waals surface area (Å²) in [6, 6.07) is 10.5. The zero-order chi connectivity index (χ0) is 17.8. The number of carbonyl (C=O) groups excluding carboxylic acids is 2.